The molecule has 0 unspecified atom stereocenters. The highest BCUT2D eigenvalue weighted by atomic mass is 16.7. The molecule has 2 aliphatic heterocycles. The lowest BCUT2D eigenvalue weighted by molar-refractivity contribution is -0.219. The predicted octanol–water partition coefficient (Wildman–Crippen LogP) is 3.21. The molecule has 0 aliphatic carbocycles. The standard InChI is InChI=1S/C16H12O3/c1-16-12-8-4-2-6-10(12)14(17)15(19-16)11-7-3-5-9-13(11)18-16/h2-9,15H,1H3/t15-,16-/m0/s1. The lowest BCUT2D eigenvalue weighted by Crippen LogP contribution is -2.45. The molecule has 3 heteroatoms. The maximum Gasteiger partial charge on any atom is 0.236 e. The molecule has 2 bridgehead atoms. The van der Waals surface area contributed by atoms with Crippen molar-refractivity contribution in [1.82, 2.24) is 0 Å². The Balaban J connectivity index is 2.00. The first-order valence-electron chi connectivity index (χ1n) is 6.28. The first-order valence-corrected chi connectivity index (χ1v) is 6.28. The molecule has 0 aromatic heterocycles. The number of ether oxygens (including phenoxy) is 2. The Morgan fingerprint density at radius 3 is 2.68 bits per heavy atom. The monoisotopic (exact) mass is 252 g/mol. The Labute approximate surface area is 110 Å². The van der Waals surface area contributed by atoms with Crippen LogP contribution in [0.4, 0.5) is 0 Å². The van der Waals surface area contributed by atoms with Crippen molar-refractivity contribution in [3.8, 4) is 5.75 Å². The summed E-state index contributed by atoms with van der Waals surface area (Å²) in [4.78, 5) is 12.6. The summed E-state index contributed by atoms with van der Waals surface area (Å²) in [6.07, 6.45) is -0.565. The van der Waals surface area contributed by atoms with Gasteiger partial charge >= 0.3 is 0 Å². The average Bonchev–Trinajstić information content (AvgIpc) is 2.45. The summed E-state index contributed by atoms with van der Waals surface area (Å²) in [7, 11) is 0. The van der Waals surface area contributed by atoms with Gasteiger partial charge in [0, 0.05) is 23.6 Å². The molecule has 0 saturated carbocycles. The van der Waals surface area contributed by atoms with Gasteiger partial charge in [-0.2, -0.15) is 0 Å². The van der Waals surface area contributed by atoms with Crippen LogP contribution in [0.15, 0.2) is 48.5 Å². The first kappa shape index (κ1) is 10.8. The molecule has 94 valence electrons. The molecule has 4 rings (SSSR count). The molecule has 0 N–H and O–H groups in total. The molecule has 0 radical (unpaired) electrons. The van der Waals surface area contributed by atoms with Gasteiger partial charge in [0.15, 0.2) is 11.9 Å². The van der Waals surface area contributed by atoms with Crippen LogP contribution in [0.25, 0.3) is 0 Å². The smallest absolute Gasteiger partial charge is 0.236 e. The van der Waals surface area contributed by atoms with Gasteiger partial charge in [-0.3, -0.25) is 4.79 Å². The van der Waals surface area contributed by atoms with E-state index in [1.54, 1.807) is 0 Å². The van der Waals surface area contributed by atoms with Crippen molar-refractivity contribution >= 4 is 5.78 Å². The molecule has 2 heterocycles. The second-order valence-corrected chi connectivity index (χ2v) is 4.99. The number of Topliss-reactive ketones (excluding diaryl/α,β-unsaturated/α-hetero) is 1. The number of hydrogen-bond acceptors (Lipinski definition) is 3. The fourth-order valence-corrected chi connectivity index (χ4v) is 2.86. The van der Waals surface area contributed by atoms with E-state index in [2.05, 4.69) is 0 Å². The van der Waals surface area contributed by atoms with Crippen molar-refractivity contribution in [2.45, 2.75) is 18.8 Å². The Morgan fingerprint density at radius 2 is 1.79 bits per heavy atom. The van der Waals surface area contributed by atoms with Crippen molar-refractivity contribution in [2.75, 3.05) is 0 Å². The van der Waals surface area contributed by atoms with Gasteiger partial charge in [0.1, 0.15) is 5.75 Å². The third kappa shape index (κ3) is 1.33. The SMILES string of the molecule is C[C@]12Oc3ccccc3[C@H](O1)C(=O)c1ccccc12. The molecular formula is C16H12O3. The molecule has 2 aliphatic rings. The van der Waals surface area contributed by atoms with Crippen LogP contribution >= 0.6 is 0 Å². The Morgan fingerprint density at radius 1 is 1.05 bits per heavy atom. The molecule has 0 fully saturated rings. The van der Waals surface area contributed by atoms with Crippen molar-refractivity contribution < 1.29 is 14.3 Å². The fourth-order valence-electron chi connectivity index (χ4n) is 2.86. The minimum atomic E-state index is -0.885. The van der Waals surface area contributed by atoms with E-state index >= 15 is 0 Å². The Hall–Kier alpha value is -2.13. The Bertz CT molecular complexity index is 692. The largest absolute Gasteiger partial charge is 0.458 e. The summed E-state index contributed by atoms with van der Waals surface area (Å²) in [5.41, 5.74) is 2.29. The zero-order chi connectivity index (χ0) is 13.0. The Kier molecular flexibility index (Phi) is 1.96. The minimum Gasteiger partial charge on any atom is -0.458 e. The topological polar surface area (TPSA) is 35.5 Å². The first-order chi connectivity index (χ1) is 9.19. The number of ketones is 1. The van der Waals surface area contributed by atoms with E-state index in [1.165, 1.54) is 0 Å². The van der Waals surface area contributed by atoms with Crippen LogP contribution in [0.3, 0.4) is 0 Å². The van der Waals surface area contributed by atoms with Crippen LogP contribution in [0.5, 0.6) is 5.75 Å². The van der Waals surface area contributed by atoms with Gasteiger partial charge < -0.3 is 9.47 Å². The number of benzene rings is 2. The summed E-state index contributed by atoms with van der Waals surface area (Å²) in [5, 5.41) is 0. The summed E-state index contributed by atoms with van der Waals surface area (Å²) < 4.78 is 11.9. The van der Waals surface area contributed by atoms with Crippen LogP contribution in [-0.4, -0.2) is 5.78 Å². The van der Waals surface area contributed by atoms with E-state index in [0.717, 1.165) is 16.9 Å². The van der Waals surface area contributed by atoms with Crippen LogP contribution in [0.2, 0.25) is 0 Å². The zero-order valence-electron chi connectivity index (χ0n) is 10.4. The fraction of sp³-hybridized carbons (Fsp3) is 0.188. The maximum atomic E-state index is 12.6. The number of carbonyl (C=O) groups excluding carboxylic acids is 1. The third-order valence-corrected chi connectivity index (χ3v) is 3.77. The van der Waals surface area contributed by atoms with Crippen molar-refractivity contribution in [3.63, 3.8) is 0 Å². The minimum absolute atomic E-state index is 0.00354. The van der Waals surface area contributed by atoms with Gasteiger partial charge in [-0.1, -0.05) is 42.5 Å². The normalized spacial score (nSPS) is 27.2. The van der Waals surface area contributed by atoms with Crippen molar-refractivity contribution in [1.29, 1.82) is 0 Å². The van der Waals surface area contributed by atoms with Crippen LogP contribution < -0.4 is 4.74 Å². The molecular weight excluding hydrogens is 240 g/mol. The maximum absolute atomic E-state index is 12.6. The summed E-state index contributed by atoms with van der Waals surface area (Å²) in [5.74, 6) is -0.156. The van der Waals surface area contributed by atoms with E-state index in [-0.39, 0.29) is 5.78 Å². The average molecular weight is 252 g/mol. The quantitative estimate of drug-likeness (QED) is 0.722. The highest BCUT2D eigenvalue weighted by molar-refractivity contribution is 6.03. The lowest BCUT2D eigenvalue weighted by Gasteiger charge is -2.43. The van der Waals surface area contributed by atoms with Gasteiger partial charge in [0.05, 0.1) is 0 Å². The van der Waals surface area contributed by atoms with Crippen LogP contribution in [-0.2, 0) is 10.5 Å². The van der Waals surface area contributed by atoms with E-state index < -0.39 is 11.9 Å². The van der Waals surface area contributed by atoms with E-state index in [0.29, 0.717) is 5.56 Å². The predicted molar refractivity (Wildman–Crippen MR) is 69.0 cm³/mol. The number of carbonyl (C=O) groups is 1. The van der Waals surface area contributed by atoms with Gasteiger partial charge in [-0.05, 0) is 6.07 Å². The summed E-state index contributed by atoms with van der Waals surface area (Å²) in [6, 6.07) is 15.0. The number of para-hydroxylation sites is 1. The molecule has 19 heavy (non-hydrogen) atoms. The summed E-state index contributed by atoms with van der Waals surface area (Å²) in [6.45, 7) is 1.86. The second kappa shape index (κ2) is 3.45. The number of fused-ring (bicyclic) bond motifs is 6. The highest BCUT2D eigenvalue weighted by Crippen LogP contribution is 2.48. The van der Waals surface area contributed by atoms with E-state index in [9.17, 15) is 4.79 Å². The molecule has 0 spiro atoms. The van der Waals surface area contributed by atoms with E-state index in [4.69, 9.17) is 9.47 Å². The van der Waals surface area contributed by atoms with Crippen LogP contribution in [0, 0.1) is 0 Å². The van der Waals surface area contributed by atoms with Gasteiger partial charge in [-0.25, -0.2) is 0 Å². The van der Waals surface area contributed by atoms with Gasteiger partial charge in [0.25, 0.3) is 0 Å². The molecule has 2 atom stereocenters. The van der Waals surface area contributed by atoms with Crippen molar-refractivity contribution in [3.05, 3.63) is 65.2 Å². The molecule has 0 amide bonds. The summed E-state index contributed by atoms with van der Waals surface area (Å²) >= 11 is 0. The van der Waals surface area contributed by atoms with Gasteiger partial charge in [-0.15, -0.1) is 0 Å². The highest BCUT2D eigenvalue weighted by Gasteiger charge is 2.48. The van der Waals surface area contributed by atoms with Gasteiger partial charge in [0.2, 0.25) is 5.79 Å². The third-order valence-electron chi connectivity index (χ3n) is 3.77. The molecule has 0 saturated heterocycles. The van der Waals surface area contributed by atoms with E-state index in [1.807, 2.05) is 55.5 Å². The molecule has 3 nitrogen and oxygen atoms in total. The number of hydrogen-bond donors (Lipinski definition) is 0. The molecule has 2 aromatic rings. The zero-order valence-corrected chi connectivity index (χ0v) is 10.4. The molecule has 2 aromatic carbocycles. The van der Waals surface area contributed by atoms with Crippen LogP contribution in [0.1, 0.15) is 34.5 Å². The van der Waals surface area contributed by atoms with Crippen molar-refractivity contribution in [2.24, 2.45) is 0 Å². The lowest BCUT2D eigenvalue weighted by atomic mass is 9.87. The number of rotatable bonds is 0. The second-order valence-electron chi connectivity index (χ2n) is 4.99.